The van der Waals surface area contributed by atoms with Crippen molar-refractivity contribution >= 4 is 5.91 Å². The molecule has 0 spiro atoms. The van der Waals surface area contributed by atoms with Crippen molar-refractivity contribution in [3.05, 3.63) is 29.8 Å². The van der Waals surface area contributed by atoms with Gasteiger partial charge in [0.15, 0.2) is 0 Å². The Hall–Kier alpha value is -1.59. The highest BCUT2D eigenvalue weighted by molar-refractivity contribution is 5.78. The number of rotatable bonds is 4. The van der Waals surface area contributed by atoms with Gasteiger partial charge in [-0.1, -0.05) is 18.6 Å². The highest BCUT2D eigenvalue weighted by Gasteiger charge is 2.28. The molecule has 0 bridgehead atoms. The molecule has 0 aromatic heterocycles. The molecular weight excluding hydrogens is 292 g/mol. The fraction of sp³-hybridized carbons (Fsp3) is 0.611. The Morgan fingerprint density at radius 3 is 2.87 bits per heavy atom. The van der Waals surface area contributed by atoms with Crippen molar-refractivity contribution in [1.29, 1.82) is 0 Å². The number of methoxy groups -OCH3 is 1. The van der Waals surface area contributed by atoms with Gasteiger partial charge in [0.05, 0.1) is 26.9 Å². The molecule has 0 saturated carbocycles. The van der Waals surface area contributed by atoms with Crippen molar-refractivity contribution in [2.45, 2.75) is 25.3 Å². The van der Waals surface area contributed by atoms with E-state index in [1.807, 2.05) is 17.0 Å². The zero-order valence-electron chi connectivity index (χ0n) is 13.9. The molecule has 0 aliphatic carbocycles. The van der Waals surface area contributed by atoms with Crippen molar-refractivity contribution < 1.29 is 14.3 Å². The summed E-state index contributed by atoms with van der Waals surface area (Å²) in [5.41, 5.74) is 1.25. The molecule has 3 rings (SSSR count). The van der Waals surface area contributed by atoms with Gasteiger partial charge in [-0.2, -0.15) is 0 Å². The summed E-state index contributed by atoms with van der Waals surface area (Å²) in [6.45, 7) is 4.24. The summed E-state index contributed by atoms with van der Waals surface area (Å²) < 4.78 is 10.7. The molecule has 2 saturated heterocycles. The van der Waals surface area contributed by atoms with Crippen LogP contribution in [0.25, 0.3) is 0 Å². The van der Waals surface area contributed by atoms with Crippen molar-refractivity contribution in [1.82, 2.24) is 9.80 Å². The number of hydrogen-bond acceptors (Lipinski definition) is 4. The van der Waals surface area contributed by atoms with E-state index in [9.17, 15) is 4.79 Å². The van der Waals surface area contributed by atoms with E-state index in [2.05, 4.69) is 17.0 Å². The van der Waals surface area contributed by atoms with E-state index in [1.54, 1.807) is 7.11 Å². The Bertz CT molecular complexity index is 529. The maximum atomic E-state index is 12.6. The molecule has 23 heavy (non-hydrogen) atoms. The van der Waals surface area contributed by atoms with Gasteiger partial charge < -0.3 is 14.4 Å². The predicted octanol–water partition coefficient (Wildman–Crippen LogP) is 2.08. The minimum atomic E-state index is 0.225. The second kappa shape index (κ2) is 7.79. The predicted molar refractivity (Wildman–Crippen MR) is 88.6 cm³/mol. The lowest BCUT2D eigenvalue weighted by Gasteiger charge is -2.37. The molecule has 2 heterocycles. The van der Waals surface area contributed by atoms with Crippen LogP contribution in [-0.2, 0) is 9.53 Å². The zero-order chi connectivity index (χ0) is 16.1. The highest BCUT2D eigenvalue weighted by atomic mass is 16.5. The number of likely N-dealkylation sites (tertiary alicyclic amines) is 1. The van der Waals surface area contributed by atoms with Gasteiger partial charge >= 0.3 is 0 Å². The first kappa shape index (κ1) is 16.3. The number of piperidine rings is 1. The van der Waals surface area contributed by atoms with Crippen LogP contribution in [0.15, 0.2) is 24.3 Å². The summed E-state index contributed by atoms with van der Waals surface area (Å²) in [6, 6.07) is 8.55. The molecule has 0 radical (unpaired) electrons. The third kappa shape index (κ3) is 4.03. The Kier molecular flexibility index (Phi) is 5.51. The van der Waals surface area contributed by atoms with Gasteiger partial charge in [0.2, 0.25) is 5.91 Å². The van der Waals surface area contributed by atoms with Gasteiger partial charge in [0.1, 0.15) is 5.75 Å². The molecular formula is C18H26N2O3. The van der Waals surface area contributed by atoms with Crippen LogP contribution in [0, 0.1) is 0 Å². The maximum Gasteiger partial charge on any atom is 0.236 e. The van der Waals surface area contributed by atoms with Crippen LogP contribution < -0.4 is 4.74 Å². The highest BCUT2D eigenvalue weighted by Crippen LogP contribution is 2.32. The largest absolute Gasteiger partial charge is 0.497 e. The molecule has 2 aliphatic rings. The SMILES string of the molecule is COc1cccc(C2CCCCN2CC(=O)N2CCOCC2)c1. The Morgan fingerprint density at radius 1 is 1.26 bits per heavy atom. The number of carbonyl (C=O) groups excluding carboxylic acids is 1. The Labute approximate surface area is 138 Å². The van der Waals surface area contributed by atoms with Crippen LogP contribution >= 0.6 is 0 Å². The molecule has 0 N–H and O–H groups in total. The van der Waals surface area contributed by atoms with Crippen molar-refractivity contribution in [3.63, 3.8) is 0 Å². The third-order valence-electron chi connectivity index (χ3n) is 4.79. The molecule has 1 aromatic rings. The van der Waals surface area contributed by atoms with E-state index in [0.29, 0.717) is 25.8 Å². The fourth-order valence-electron chi connectivity index (χ4n) is 3.49. The second-order valence-electron chi connectivity index (χ2n) is 6.25. The monoisotopic (exact) mass is 318 g/mol. The summed E-state index contributed by atoms with van der Waals surface area (Å²) in [6.07, 6.45) is 3.48. The molecule has 5 nitrogen and oxygen atoms in total. The van der Waals surface area contributed by atoms with Gasteiger partial charge in [-0.3, -0.25) is 9.69 Å². The normalized spacial score (nSPS) is 22.8. The summed E-state index contributed by atoms with van der Waals surface area (Å²) in [4.78, 5) is 16.8. The minimum absolute atomic E-state index is 0.225. The summed E-state index contributed by atoms with van der Waals surface area (Å²) in [5, 5.41) is 0. The lowest BCUT2D eigenvalue weighted by molar-refractivity contribution is -0.137. The van der Waals surface area contributed by atoms with Crippen molar-refractivity contribution in [2.24, 2.45) is 0 Å². The van der Waals surface area contributed by atoms with Crippen LogP contribution in [0.5, 0.6) is 5.75 Å². The minimum Gasteiger partial charge on any atom is -0.497 e. The molecule has 5 heteroatoms. The lowest BCUT2D eigenvalue weighted by Crippen LogP contribution is -2.47. The molecule has 126 valence electrons. The van der Waals surface area contributed by atoms with Gasteiger partial charge in [0.25, 0.3) is 0 Å². The van der Waals surface area contributed by atoms with Crippen LogP contribution in [0.1, 0.15) is 30.9 Å². The molecule has 1 amide bonds. The van der Waals surface area contributed by atoms with Crippen molar-refractivity contribution in [2.75, 3.05) is 46.5 Å². The second-order valence-corrected chi connectivity index (χ2v) is 6.25. The summed E-state index contributed by atoms with van der Waals surface area (Å²) >= 11 is 0. The number of hydrogen-bond donors (Lipinski definition) is 0. The molecule has 1 atom stereocenters. The number of amides is 1. The summed E-state index contributed by atoms with van der Waals surface area (Å²) in [7, 11) is 1.69. The molecule has 1 aromatic carbocycles. The van der Waals surface area contributed by atoms with Crippen LogP contribution in [0.2, 0.25) is 0 Å². The molecule has 2 fully saturated rings. The third-order valence-corrected chi connectivity index (χ3v) is 4.79. The number of morpholine rings is 1. The number of ether oxygens (including phenoxy) is 2. The van der Waals surface area contributed by atoms with E-state index < -0.39 is 0 Å². The molecule has 1 unspecified atom stereocenters. The van der Waals surface area contributed by atoms with Crippen molar-refractivity contribution in [3.8, 4) is 5.75 Å². The standard InChI is InChI=1S/C18H26N2O3/c1-22-16-6-4-5-15(13-16)17-7-2-3-8-20(17)14-18(21)19-9-11-23-12-10-19/h4-6,13,17H,2-3,7-12,14H2,1H3. The summed E-state index contributed by atoms with van der Waals surface area (Å²) in [5.74, 6) is 1.11. The van der Waals surface area contributed by atoms with Crippen LogP contribution in [0.4, 0.5) is 0 Å². The average Bonchev–Trinajstić information content (AvgIpc) is 2.63. The smallest absolute Gasteiger partial charge is 0.236 e. The first-order valence-corrected chi connectivity index (χ1v) is 8.51. The fourth-order valence-corrected chi connectivity index (χ4v) is 3.49. The van der Waals surface area contributed by atoms with Gasteiger partial charge in [0, 0.05) is 19.1 Å². The zero-order valence-corrected chi connectivity index (χ0v) is 13.9. The van der Waals surface area contributed by atoms with E-state index in [0.717, 1.165) is 38.2 Å². The maximum absolute atomic E-state index is 12.6. The quantitative estimate of drug-likeness (QED) is 0.852. The van der Waals surface area contributed by atoms with Crippen LogP contribution in [-0.4, -0.2) is 62.2 Å². The van der Waals surface area contributed by atoms with Crippen LogP contribution in [0.3, 0.4) is 0 Å². The van der Waals surface area contributed by atoms with Gasteiger partial charge in [-0.25, -0.2) is 0 Å². The number of nitrogens with zero attached hydrogens (tertiary/aromatic N) is 2. The van der Waals surface area contributed by atoms with Gasteiger partial charge in [-0.15, -0.1) is 0 Å². The lowest BCUT2D eigenvalue weighted by atomic mass is 9.95. The number of carbonyl (C=O) groups is 1. The number of benzene rings is 1. The van der Waals surface area contributed by atoms with E-state index >= 15 is 0 Å². The van der Waals surface area contributed by atoms with Gasteiger partial charge in [-0.05, 0) is 37.1 Å². The Morgan fingerprint density at radius 2 is 2.09 bits per heavy atom. The van der Waals surface area contributed by atoms with E-state index in [1.165, 1.54) is 12.0 Å². The Balaban J connectivity index is 1.69. The first-order valence-electron chi connectivity index (χ1n) is 8.51. The average molecular weight is 318 g/mol. The van der Waals surface area contributed by atoms with E-state index in [-0.39, 0.29) is 5.91 Å². The first-order chi connectivity index (χ1) is 11.3. The topological polar surface area (TPSA) is 42.0 Å². The van der Waals surface area contributed by atoms with E-state index in [4.69, 9.17) is 9.47 Å². The molecule has 2 aliphatic heterocycles.